The van der Waals surface area contributed by atoms with Crippen LogP contribution in [0.15, 0.2) is 18.2 Å². The summed E-state index contributed by atoms with van der Waals surface area (Å²) in [5.41, 5.74) is 2.20. The standard InChI is InChI=1S/C15H21NO2/c1-11-7-6-10-13(15(17)18)14(11)16-12-8-4-2-3-5-9-12/h6-7,10,12,16H,2-5,8-9H2,1H3,(H,17,18). The molecule has 0 spiro atoms. The Morgan fingerprint density at radius 3 is 2.50 bits per heavy atom. The summed E-state index contributed by atoms with van der Waals surface area (Å²) < 4.78 is 0. The largest absolute Gasteiger partial charge is 0.478 e. The van der Waals surface area contributed by atoms with Crippen LogP contribution in [0.5, 0.6) is 0 Å². The quantitative estimate of drug-likeness (QED) is 0.798. The molecule has 0 bridgehead atoms. The van der Waals surface area contributed by atoms with E-state index in [1.165, 1.54) is 25.7 Å². The summed E-state index contributed by atoms with van der Waals surface area (Å²) in [5.74, 6) is -0.852. The number of aromatic carboxylic acids is 1. The lowest BCUT2D eigenvalue weighted by Gasteiger charge is -2.20. The maximum Gasteiger partial charge on any atom is 0.337 e. The lowest BCUT2D eigenvalue weighted by molar-refractivity contribution is 0.0698. The molecule has 0 unspecified atom stereocenters. The molecule has 2 rings (SSSR count). The lowest BCUT2D eigenvalue weighted by atomic mass is 10.0. The van der Waals surface area contributed by atoms with Crippen molar-refractivity contribution in [2.24, 2.45) is 0 Å². The van der Waals surface area contributed by atoms with Gasteiger partial charge in [0.15, 0.2) is 0 Å². The zero-order chi connectivity index (χ0) is 13.0. The van der Waals surface area contributed by atoms with Gasteiger partial charge in [-0.2, -0.15) is 0 Å². The van der Waals surface area contributed by atoms with Crippen LogP contribution in [0.4, 0.5) is 5.69 Å². The molecule has 1 aromatic rings. The molecule has 0 heterocycles. The second kappa shape index (κ2) is 5.89. The molecule has 1 aliphatic rings. The van der Waals surface area contributed by atoms with Crippen molar-refractivity contribution >= 4 is 11.7 Å². The van der Waals surface area contributed by atoms with Crippen molar-refractivity contribution in [1.82, 2.24) is 0 Å². The summed E-state index contributed by atoms with van der Waals surface area (Å²) in [6, 6.07) is 5.86. The van der Waals surface area contributed by atoms with E-state index in [0.717, 1.165) is 24.1 Å². The minimum absolute atomic E-state index is 0.388. The number of benzene rings is 1. The van der Waals surface area contributed by atoms with Gasteiger partial charge in [0.1, 0.15) is 0 Å². The topological polar surface area (TPSA) is 49.3 Å². The molecule has 0 saturated heterocycles. The second-order valence-corrected chi connectivity index (χ2v) is 5.14. The third-order valence-corrected chi connectivity index (χ3v) is 3.71. The molecule has 1 fully saturated rings. The normalized spacial score (nSPS) is 17.2. The maximum atomic E-state index is 11.2. The highest BCUT2D eigenvalue weighted by Gasteiger charge is 2.17. The molecule has 1 aliphatic carbocycles. The number of carbonyl (C=O) groups is 1. The van der Waals surface area contributed by atoms with Crippen molar-refractivity contribution in [3.8, 4) is 0 Å². The maximum absolute atomic E-state index is 11.2. The lowest BCUT2D eigenvalue weighted by Crippen LogP contribution is -2.20. The first kappa shape index (κ1) is 12.9. The molecule has 0 aliphatic heterocycles. The first-order valence-electron chi connectivity index (χ1n) is 6.78. The SMILES string of the molecule is Cc1cccc(C(=O)O)c1NC1CCCCCC1. The first-order valence-corrected chi connectivity index (χ1v) is 6.78. The van der Waals surface area contributed by atoms with E-state index in [9.17, 15) is 9.90 Å². The van der Waals surface area contributed by atoms with Crippen molar-refractivity contribution in [2.75, 3.05) is 5.32 Å². The summed E-state index contributed by atoms with van der Waals surface area (Å²) in [5, 5.41) is 12.7. The molecule has 2 N–H and O–H groups in total. The average molecular weight is 247 g/mol. The number of hydrogen-bond acceptors (Lipinski definition) is 2. The van der Waals surface area contributed by atoms with Gasteiger partial charge in [-0.25, -0.2) is 4.79 Å². The fourth-order valence-corrected chi connectivity index (χ4v) is 2.67. The number of anilines is 1. The van der Waals surface area contributed by atoms with E-state index in [0.29, 0.717) is 11.6 Å². The van der Waals surface area contributed by atoms with Gasteiger partial charge < -0.3 is 10.4 Å². The van der Waals surface area contributed by atoms with Crippen LogP contribution in [-0.2, 0) is 0 Å². The Kier molecular flexibility index (Phi) is 4.24. The molecular formula is C15H21NO2. The van der Waals surface area contributed by atoms with Gasteiger partial charge in [0.05, 0.1) is 11.3 Å². The van der Waals surface area contributed by atoms with Gasteiger partial charge in [-0.3, -0.25) is 0 Å². The van der Waals surface area contributed by atoms with Gasteiger partial charge in [0.25, 0.3) is 0 Å². The van der Waals surface area contributed by atoms with Crippen molar-refractivity contribution in [2.45, 2.75) is 51.5 Å². The van der Waals surface area contributed by atoms with Crippen molar-refractivity contribution in [3.05, 3.63) is 29.3 Å². The monoisotopic (exact) mass is 247 g/mol. The third kappa shape index (κ3) is 3.03. The van der Waals surface area contributed by atoms with Crippen molar-refractivity contribution in [1.29, 1.82) is 0 Å². The predicted molar refractivity (Wildman–Crippen MR) is 73.3 cm³/mol. The van der Waals surface area contributed by atoms with Crippen LogP contribution in [0, 0.1) is 6.92 Å². The van der Waals surface area contributed by atoms with Crippen LogP contribution in [0.1, 0.15) is 54.4 Å². The van der Waals surface area contributed by atoms with E-state index in [4.69, 9.17) is 0 Å². The predicted octanol–water partition coefficient (Wildman–Crippen LogP) is 3.83. The molecule has 0 aromatic heterocycles. The Balaban J connectivity index is 2.19. The van der Waals surface area contributed by atoms with E-state index >= 15 is 0 Å². The molecule has 3 nitrogen and oxygen atoms in total. The summed E-state index contributed by atoms with van der Waals surface area (Å²) in [4.78, 5) is 11.2. The molecule has 1 aromatic carbocycles. The van der Waals surface area contributed by atoms with Gasteiger partial charge in [-0.1, -0.05) is 37.8 Å². The van der Waals surface area contributed by atoms with E-state index in [1.54, 1.807) is 12.1 Å². The summed E-state index contributed by atoms with van der Waals surface area (Å²) in [7, 11) is 0. The Morgan fingerprint density at radius 2 is 1.89 bits per heavy atom. The number of rotatable bonds is 3. The molecular weight excluding hydrogens is 226 g/mol. The van der Waals surface area contributed by atoms with Crippen LogP contribution in [0.2, 0.25) is 0 Å². The summed E-state index contributed by atoms with van der Waals surface area (Å²) in [6.45, 7) is 1.96. The van der Waals surface area contributed by atoms with Gasteiger partial charge in [-0.15, -0.1) is 0 Å². The minimum atomic E-state index is -0.852. The highest BCUT2D eigenvalue weighted by molar-refractivity contribution is 5.95. The Bertz CT molecular complexity index is 421. The Hall–Kier alpha value is -1.51. The van der Waals surface area contributed by atoms with E-state index in [2.05, 4.69) is 5.32 Å². The smallest absolute Gasteiger partial charge is 0.337 e. The number of carboxylic acids is 1. The summed E-state index contributed by atoms with van der Waals surface area (Å²) in [6.07, 6.45) is 7.38. The molecule has 0 atom stereocenters. The van der Waals surface area contributed by atoms with Gasteiger partial charge in [0, 0.05) is 6.04 Å². The zero-order valence-electron chi connectivity index (χ0n) is 10.9. The zero-order valence-corrected chi connectivity index (χ0v) is 10.9. The molecule has 18 heavy (non-hydrogen) atoms. The van der Waals surface area contributed by atoms with Crippen LogP contribution in [0.25, 0.3) is 0 Å². The number of hydrogen-bond donors (Lipinski definition) is 2. The Morgan fingerprint density at radius 1 is 1.22 bits per heavy atom. The number of nitrogens with one attached hydrogen (secondary N) is 1. The highest BCUT2D eigenvalue weighted by Crippen LogP contribution is 2.26. The molecule has 3 heteroatoms. The number of para-hydroxylation sites is 1. The van der Waals surface area contributed by atoms with E-state index < -0.39 is 5.97 Å². The number of aryl methyl sites for hydroxylation is 1. The molecule has 0 radical (unpaired) electrons. The minimum Gasteiger partial charge on any atom is -0.478 e. The van der Waals surface area contributed by atoms with E-state index in [-0.39, 0.29) is 0 Å². The second-order valence-electron chi connectivity index (χ2n) is 5.14. The van der Waals surface area contributed by atoms with Gasteiger partial charge in [-0.05, 0) is 31.4 Å². The average Bonchev–Trinajstić information content (AvgIpc) is 2.60. The van der Waals surface area contributed by atoms with Gasteiger partial charge >= 0.3 is 5.97 Å². The van der Waals surface area contributed by atoms with Crippen LogP contribution < -0.4 is 5.32 Å². The highest BCUT2D eigenvalue weighted by atomic mass is 16.4. The van der Waals surface area contributed by atoms with Crippen molar-refractivity contribution in [3.63, 3.8) is 0 Å². The molecule has 98 valence electrons. The third-order valence-electron chi connectivity index (χ3n) is 3.71. The Labute approximate surface area is 108 Å². The molecule has 1 saturated carbocycles. The van der Waals surface area contributed by atoms with E-state index in [1.807, 2.05) is 13.0 Å². The summed E-state index contributed by atoms with van der Waals surface area (Å²) >= 11 is 0. The van der Waals surface area contributed by atoms with Crippen LogP contribution >= 0.6 is 0 Å². The fourth-order valence-electron chi connectivity index (χ4n) is 2.67. The van der Waals surface area contributed by atoms with Crippen LogP contribution in [0.3, 0.4) is 0 Å². The fraction of sp³-hybridized carbons (Fsp3) is 0.533. The number of carboxylic acid groups (broad SMARTS) is 1. The molecule has 0 amide bonds. The van der Waals surface area contributed by atoms with Crippen molar-refractivity contribution < 1.29 is 9.90 Å². The first-order chi connectivity index (χ1) is 8.68. The van der Waals surface area contributed by atoms with Gasteiger partial charge in [0.2, 0.25) is 0 Å². The van der Waals surface area contributed by atoms with Crippen LogP contribution in [-0.4, -0.2) is 17.1 Å².